The highest BCUT2D eigenvalue weighted by Gasteiger charge is 2.67. The second kappa shape index (κ2) is 6.43. The number of fused-ring (bicyclic) bond motifs is 3. The standard InChI is InChI=1S/C27H37NO2/c1-18-6-8-19(9-7-18)23(30)28-26(4)13-5-12-25(3)20(26)11-15-27-16-22(29)24(2,17-27)14-10-21(25)27/h6-9,20-21H,5,10-17H2,1-4H3,(H,28,30)/t20-,21-,24-,25+,26+,27-/m0/s1. The van der Waals surface area contributed by atoms with E-state index in [1.54, 1.807) is 0 Å². The lowest BCUT2D eigenvalue weighted by molar-refractivity contribution is -0.137. The van der Waals surface area contributed by atoms with Gasteiger partial charge in [0.05, 0.1) is 0 Å². The van der Waals surface area contributed by atoms with E-state index >= 15 is 0 Å². The number of aryl methyl sites for hydroxylation is 1. The van der Waals surface area contributed by atoms with Crippen molar-refractivity contribution in [1.29, 1.82) is 0 Å². The number of amides is 1. The maximum atomic E-state index is 13.1. The number of carbonyl (C=O) groups excluding carboxylic acids is 2. The molecule has 4 aliphatic rings. The molecule has 0 aromatic heterocycles. The van der Waals surface area contributed by atoms with Crippen molar-refractivity contribution in [2.45, 2.75) is 91.0 Å². The highest BCUT2D eigenvalue weighted by atomic mass is 16.2. The Hall–Kier alpha value is -1.64. The number of Topliss-reactive ketones (excluding diaryl/α,β-unsaturated/α-hetero) is 1. The van der Waals surface area contributed by atoms with Gasteiger partial charge in [0, 0.05) is 22.9 Å². The maximum absolute atomic E-state index is 13.1. The molecule has 5 rings (SSSR count). The lowest BCUT2D eigenvalue weighted by Gasteiger charge is -2.64. The Morgan fingerprint density at radius 3 is 2.40 bits per heavy atom. The van der Waals surface area contributed by atoms with Crippen molar-refractivity contribution in [3.8, 4) is 0 Å². The lowest BCUT2D eigenvalue weighted by Crippen LogP contribution is -2.64. The van der Waals surface area contributed by atoms with Crippen LogP contribution < -0.4 is 5.32 Å². The van der Waals surface area contributed by atoms with Crippen molar-refractivity contribution in [2.24, 2.45) is 28.1 Å². The van der Waals surface area contributed by atoms with E-state index in [1.165, 1.54) is 18.4 Å². The monoisotopic (exact) mass is 407 g/mol. The maximum Gasteiger partial charge on any atom is 0.251 e. The van der Waals surface area contributed by atoms with Crippen LogP contribution in [0.15, 0.2) is 24.3 Å². The van der Waals surface area contributed by atoms with Gasteiger partial charge in [-0.1, -0.05) is 38.0 Å². The zero-order chi connectivity index (χ0) is 21.4. The molecule has 6 atom stereocenters. The van der Waals surface area contributed by atoms with Crippen molar-refractivity contribution in [3.63, 3.8) is 0 Å². The second-order valence-electron chi connectivity index (χ2n) is 12.0. The van der Waals surface area contributed by atoms with Crippen molar-refractivity contribution >= 4 is 11.7 Å². The van der Waals surface area contributed by atoms with E-state index in [4.69, 9.17) is 0 Å². The molecule has 0 unspecified atom stereocenters. The van der Waals surface area contributed by atoms with E-state index in [0.717, 1.165) is 50.5 Å². The summed E-state index contributed by atoms with van der Waals surface area (Å²) in [6.07, 6.45) is 9.93. The number of rotatable bonds is 2. The average Bonchev–Trinajstić information content (AvgIpc) is 2.85. The molecule has 0 heterocycles. The SMILES string of the molecule is Cc1ccc(C(=O)N[C@]2(C)CCC[C@@]3(C)[C@@H]4CC[C@@]5(C)C[C@]4(CC[C@@H]32)CC5=O)cc1. The molecule has 3 nitrogen and oxygen atoms in total. The van der Waals surface area contributed by atoms with Crippen molar-refractivity contribution in [2.75, 3.05) is 0 Å². The van der Waals surface area contributed by atoms with Gasteiger partial charge in [-0.15, -0.1) is 0 Å². The topological polar surface area (TPSA) is 46.2 Å². The third-order valence-electron chi connectivity index (χ3n) is 10.1. The molecule has 0 aliphatic heterocycles. The van der Waals surface area contributed by atoms with Gasteiger partial charge in [0.25, 0.3) is 5.91 Å². The zero-order valence-corrected chi connectivity index (χ0v) is 19.1. The first-order valence-electron chi connectivity index (χ1n) is 12.0. The molecule has 4 saturated carbocycles. The van der Waals surface area contributed by atoms with Crippen LogP contribution in [-0.2, 0) is 4.79 Å². The molecule has 1 aromatic carbocycles. The first kappa shape index (κ1) is 20.3. The molecule has 2 bridgehead atoms. The number of benzene rings is 1. The van der Waals surface area contributed by atoms with Crippen molar-refractivity contribution in [1.82, 2.24) is 5.32 Å². The normalized spacial score (nSPS) is 44.9. The second-order valence-corrected chi connectivity index (χ2v) is 12.0. The van der Waals surface area contributed by atoms with Gasteiger partial charge < -0.3 is 5.32 Å². The minimum atomic E-state index is -0.167. The molecule has 4 fully saturated rings. The summed E-state index contributed by atoms with van der Waals surface area (Å²) < 4.78 is 0. The Morgan fingerprint density at radius 2 is 1.67 bits per heavy atom. The third kappa shape index (κ3) is 2.76. The summed E-state index contributed by atoms with van der Waals surface area (Å²) in [6, 6.07) is 7.92. The summed E-state index contributed by atoms with van der Waals surface area (Å²) in [7, 11) is 0. The first-order chi connectivity index (χ1) is 14.1. The number of nitrogens with one attached hydrogen (secondary N) is 1. The summed E-state index contributed by atoms with van der Waals surface area (Å²) in [5, 5.41) is 3.50. The molecule has 30 heavy (non-hydrogen) atoms. The van der Waals surface area contributed by atoms with Gasteiger partial charge in [0.2, 0.25) is 0 Å². The predicted octanol–water partition coefficient (Wildman–Crippen LogP) is 5.85. The van der Waals surface area contributed by atoms with Crippen molar-refractivity contribution < 1.29 is 9.59 Å². The summed E-state index contributed by atoms with van der Waals surface area (Å²) >= 11 is 0. The fraction of sp³-hybridized carbons (Fsp3) is 0.704. The fourth-order valence-corrected chi connectivity index (χ4v) is 8.69. The zero-order valence-electron chi connectivity index (χ0n) is 19.1. The molecule has 4 aliphatic carbocycles. The van der Waals surface area contributed by atoms with Crippen LogP contribution in [0.4, 0.5) is 0 Å². The van der Waals surface area contributed by atoms with Crippen LogP contribution in [-0.4, -0.2) is 17.2 Å². The summed E-state index contributed by atoms with van der Waals surface area (Å²) in [6.45, 7) is 9.08. The molecule has 1 spiro atoms. The van der Waals surface area contributed by atoms with Gasteiger partial charge in [0.1, 0.15) is 5.78 Å². The van der Waals surface area contributed by atoms with Gasteiger partial charge in [-0.3, -0.25) is 9.59 Å². The van der Waals surface area contributed by atoms with Crippen LogP contribution in [0.25, 0.3) is 0 Å². The Labute approximate surface area is 181 Å². The van der Waals surface area contributed by atoms with E-state index in [-0.39, 0.29) is 27.7 Å². The van der Waals surface area contributed by atoms with E-state index in [0.29, 0.717) is 17.6 Å². The largest absolute Gasteiger partial charge is 0.347 e. The minimum Gasteiger partial charge on any atom is -0.347 e. The summed E-state index contributed by atoms with van der Waals surface area (Å²) in [4.78, 5) is 26.0. The molecule has 1 amide bonds. The van der Waals surface area contributed by atoms with Crippen molar-refractivity contribution in [3.05, 3.63) is 35.4 Å². The number of hydrogen-bond acceptors (Lipinski definition) is 2. The Kier molecular flexibility index (Phi) is 4.35. The quantitative estimate of drug-likeness (QED) is 0.668. The molecule has 3 heteroatoms. The van der Waals surface area contributed by atoms with E-state index in [1.807, 2.05) is 24.3 Å². The highest BCUT2D eigenvalue weighted by molar-refractivity contribution is 5.94. The fourth-order valence-electron chi connectivity index (χ4n) is 8.69. The Balaban J connectivity index is 1.43. The van der Waals surface area contributed by atoms with E-state index < -0.39 is 0 Å². The van der Waals surface area contributed by atoms with Crippen LogP contribution in [0.1, 0.15) is 94.5 Å². The average molecular weight is 408 g/mol. The van der Waals surface area contributed by atoms with Gasteiger partial charge >= 0.3 is 0 Å². The van der Waals surface area contributed by atoms with Gasteiger partial charge in [0.15, 0.2) is 0 Å². The minimum absolute atomic E-state index is 0.0582. The molecule has 0 saturated heterocycles. The number of ketones is 1. The Morgan fingerprint density at radius 1 is 0.967 bits per heavy atom. The molecule has 162 valence electrons. The van der Waals surface area contributed by atoms with Gasteiger partial charge in [-0.05, 0) is 93.6 Å². The van der Waals surface area contributed by atoms with Crippen LogP contribution in [0.3, 0.4) is 0 Å². The highest BCUT2D eigenvalue weighted by Crippen LogP contribution is 2.71. The lowest BCUT2D eigenvalue weighted by atomic mass is 9.41. The van der Waals surface area contributed by atoms with Crippen LogP contribution >= 0.6 is 0 Å². The van der Waals surface area contributed by atoms with Crippen LogP contribution in [0, 0.1) is 35.0 Å². The molecule has 0 radical (unpaired) electrons. The molecular formula is C27H37NO2. The third-order valence-corrected chi connectivity index (χ3v) is 10.1. The van der Waals surface area contributed by atoms with Crippen LogP contribution in [0.2, 0.25) is 0 Å². The smallest absolute Gasteiger partial charge is 0.251 e. The van der Waals surface area contributed by atoms with E-state index in [9.17, 15) is 9.59 Å². The number of carbonyl (C=O) groups is 2. The van der Waals surface area contributed by atoms with Gasteiger partial charge in [-0.2, -0.15) is 0 Å². The molecular weight excluding hydrogens is 370 g/mol. The predicted molar refractivity (Wildman–Crippen MR) is 119 cm³/mol. The molecule has 1 N–H and O–H groups in total. The summed E-state index contributed by atoms with van der Waals surface area (Å²) in [5.74, 6) is 1.70. The van der Waals surface area contributed by atoms with Crippen LogP contribution in [0.5, 0.6) is 0 Å². The summed E-state index contributed by atoms with van der Waals surface area (Å²) in [5.41, 5.74) is 2.16. The van der Waals surface area contributed by atoms with E-state index in [2.05, 4.69) is 33.0 Å². The van der Waals surface area contributed by atoms with Gasteiger partial charge in [-0.25, -0.2) is 0 Å². The first-order valence-corrected chi connectivity index (χ1v) is 12.0. The number of hydrogen-bond donors (Lipinski definition) is 1. The Bertz CT molecular complexity index is 891. The molecule has 1 aromatic rings.